The van der Waals surface area contributed by atoms with Gasteiger partial charge in [-0.2, -0.15) is 0 Å². The van der Waals surface area contributed by atoms with E-state index in [1.807, 2.05) is 6.92 Å². The van der Waals surface area contributed by atoms with Gasteiger partial charge in [0.2, 0.25) is 5.91 Å². The number of hydrogen-bond acceptors (Lipinski definition) is 4. The number of nitrogens with one attached hydrogen (secondary N) is 2. The molecule has 6 heteroatoms. The van der Waals surface area contributed by atoms with Gasteiger partial charge in [0.1, 0.15) is 0 Å². The van der Waals surface area contributed by atoms with E-state index >= 15 is 0 Å². The van der Waals surface area contributed by atoms with Crippen molar-refractivity contribution in [1.82, 2.24) is 10.3 Å². The van der Waals surface area contributed by atoms with Crippen molar-refractivity contribution in [2.75, 3.05) is 19.8 Å². The first-order valence-corrected chi connectivity index (χ1v) is 7.40. The molecule has 0 aromatic carbocycles. The monoisotopic (exact) mass is 286 g/mol. The van der Waals surface area contributed by atoms with Crippen LogP contribution in [0.4, 0.5) is 0 Å². The molecule has 1 saturated heterocycles. The predicted octanol–water partition coefficient (Wildman–Crippen LogP) is 2.20. The smallest absolute Gasteiger partial charge is 0.225 e. The second-order valence-electron chi connectivity index (χ2n) is 4.60. The molecule has 2 N–H and O–H groups in total. The van der Waals surface area contributed by atoms with Crippen molar-refractivity contribution in [2.24, 2.45) is 5.92 Å². The van der Waals surface area contributed by atoms with E-state index < -0.39 is 0 Å². The highest BCUT2D eigenvalue weighted by molar-refractivity contribution is 7.73. The maximum Gasteiger partial charge on any atom is 0.225 e. The lowest BCUT2D eigenvalue weighted by Crippen LogP contribution is -2.33. The Labute approximate surface area is 116 Å². The third-order valence-corrected chi connectivity index (χ3v) is 4.51. The summed E-state index contributed by atoms with van der Waals surface area (Å²) in [4.78, 5) is 15.9. The summed E-state index contributed by atoms with van der Waals surface area (Å²) in [6.45, 7) is 4.35. The van der Waals surface area contributed by atoms with Crippen LogP contribution in [0.25, 0.3) is 0 Å². The fourth-order valence-electron chi connectivity index (χ4n) is 2.02. The third kappa shape index (κ3) is 3.90. The Hall–Kier alpha value is -0.720. The molecule has 1 fully saturated rings. The highest BCUT2D eigenvalue weighted by Crippen LogP contribution is 2.16. The van der Waals surface area contributed by atoms with Crippen molar-refractivity contribution in [2.45, 2.75) is 26.2 Å². The second kappa shape index (κ2) is 6.45. The topological polar surface area (TPSA) is 54.1 Å². The van der Waals surface area contributed by atoms with Gasteiger partial charge in [-0.1, -0.05) is 0 Å². The van der Waals surface area contributed by atoms with E-state index in [1.165, 1.54) is 11.3 Å². The Bertz CT molecular complexity index is 461. The van der Waals surface area contributed by atoms with Crippen LogP contribution in [0, 0.1) is 16.8 Å². The summed E-state index contributed by atoms with van der Waals surface area (Å²) >= 11 is 6.54. The number of thiazole rings is 1. The van der Waals surface area contributed by atoms with E-state index in [0.717, 1.165) is 47.1 Å². The average Bonchev–Trinajstić information content (AvgIpc) is 2.67. The second-order valence-corrected chi connectivity index (χ2v) is 6.37. The van der Waals surface area contributed by atoms with Crippen LogP contribution >= 0.6 is 23.6 Å². The Morgan fingerprint density at radius 1 is 1.56 bits per heavy atom. The van der Waals surface area contributed by atoms with Crippen LogP contribution in [0.15, 0.2) is 0 Å². The van der Waals surface area contributed by atoms with E-state index in [0.29, 0.717) is 12.3 Å². The van der Waals surface area contributed by atoms with Crippen molar-refractivity contribution in [3.63, 3.8) is 0 Å². The van der Waals surface area contributed by atoms with Gasteiger partial charge in [-0.3, -0.25) is 4.79 Å². The fourth-order valence-corrected chi connectivity index (χ4v) is 3.31. The molecule has 0 spiro atoms. The minimum Gasteiger partial charge on any atom is -0.381 e. The lowest BCUT2D eigenvalue weighted by atomic mass is 10.0. The standard InChI is InChI=1S/C12H18N2O2S2/c1-8-10(18-12(17)14-8)6-11(15)13-7-9-2-4-16-5-3-9/h9H,2-7H2,1H3,(H,13,15)(H,14,17). The molecule has 0 saturated carbocycles. The molecule has 1 aromatic heterocycles. The van der Waals surface area contributed by atoms with Crippen LogP contribution in [0.5, 0.6) is 0 Å². The van der Waals surface area contributed by atoms with E-state index in [4.69, 9.17) is 17.0 Å². The number of hydrogen-bond donors (Lipinski definition) is 2. The number of amides is 1. The third-order valence-electron chi connectivity index (χ3n) is 3.17. The van der Waals surface area contributed by atoms with Crippen LogP contribution in [0.3, 0.4) is 0 Å². The number of H-pyrrole nitrogens is 1. The summed E-state index contributed by atoms with van der Waals surface area (Å²) in [7, 11) is 0. The van der Waals surface area contributed by atoms with Crippen LogP contribution < -0.4 is 5.32 Å². The van der Waals surface area contributed by atoms with Crippen molar-refractivity contribution in [3.8, 4) is 0 Å². The Balaban J connectivity index is 1.78. The fraction of sp³-hybridized carbons (Fsp3) is 0.667. The Kier molecular flexibility index (Phi) is 4.91. The van der Waals surface area contributed by atoms with Crippen molar-refractivity contribution >= 4 is 29.5 Å². The molecule has 2 heterocycles. The van der Waals surface area contributed by atoms with Crippen LogP contribution in [-0.2, 0) is 16.0 Å². The molecule has 0 atom stereocenters. The summed E-state index contributed by atoms with van der Waals surface area (Å²) in [6, 6.07) is 0. The molecule has 0 unspecified atom stereocenters. The predicted molar refractivity (Wildman–Crippen MR) is 74.5 cm³/mol. The molecule has 2 rings (SSSR count). The zero-order valence-corrected chi connectivity index (χ0v) is 12.1. The molecule has 1 aromatic rings. The minimum absolute atomic E-state index is 0.0786. The normalized spacial score (nSPS) is 16.7. The molecule has 1 aliphatic heterocycles. The Morgan fingerprint density at radius 3 is 2.89 bits per heavy atom. The summed E-state index contributed by atoms with van der Waals surface area (Å²) in [6.07, 6.45) is 2.51. The van der Waals surface area contributed by atoms with Crippen LogP contribution in [0.1, 0.15) is 23.4 Å². The van der Waals surface area contributed by atoms with E-state index in [-0.39, 0.29) is 5.91 Å². The van der Waals surface area contributed by atoms with Gasteiger partial charge in [0.15, 0.2) is 3.95 Å². The number of ether oxygens (including phenoxy) is 1. The van der Waals surface area contributed by atoms with Gasteiger partial charge in [-0.25, -0.2) is 0 Å². The van der Waals surface area contributed by atoms with Gasteiger partial charge in [-0.05, 0) is 37.9 Å². The van der Waals surface area contributed by atoms with Crippen molar-refractivity contribution in [1.29, 1.82) is 0 Å². The highest BCUT2D eigenvalue weighted by Gasteiger charge is 2.15. The molecule has 0 bridgehead atoms. The molecule has 0 radical (unpaired) electrons. The molecule has 1 amide bonds. The largest absolute Gasteiger partial charge is 0.381 e. The van der Waals surface area contributed by atoms with Gasteiger partial charge in [0, 0.05) is 30.3 Å². The first-order chi connectivity index (χ1) is 8.65. The summed E-state index contributed by atoms with van der Waals surface area (Å²) in [5.41, 5.74) is 1.01. The zero-order valence-electron chi connectivity index (χ0n) is 10.5. The molecule has 18 heavy (non-hydrogen) atoms. The maximum absolute atomic E-state index is 11.8. The lowest BCUT2D eigenvalue weighted by Gasteiger charge is -2.22. The number of aryl methyl sites for hydroxylation is 1. The van der Waals surface area contributed by atoms with Gasteiger partial charge in [0.25, 0.3) is 0 Å². The van der Waals surface area contributed by atoms with Crippen molar-refractivity contribution in [3.05, 3.63) is 14.5 Å². The Morgan fingerprint density at radius 2 is 2.28 bits per heavy atom. The summed E-state index contributed by atoms with van der Waals surface area (Å²) in [5, 5.41) is 3.00. The number of aromatic amines is 1. The first-order valence-electron chi connectivity index (χ1n) is 6.18. The quantitative estimate of drug-likeness (QED) is 0.834. The minimum atomic E-state index is 0.0786. The SMILES string of the molecule is Cc1[nH]c(=S)sc1CC(=O)NCC1CCOCC1. The van der Waals surface area contributed by atoms with E-state index in [2.05, 4.69) is 10.3 Å². The van der Waals surface area contributed by atoms with Gasteiger partial charge in [-0.15, -0.1) is 11.3 Å². The number of aromatic nitrogens is 1. The maximum atomic E-state index is 11.8. The lowest BCUT2D eigenvalue weighted by molar-refractivity contribution is -0.120. The van der Waals surface area contributed by atoms with E-state index in [9.17, 15) is 4.79 Å². The summed E-state index contributed by atoms with van der Waals surface area (Å²) < 4.78 is 6.03. The van der Waals surface area contributed by atoms with Crippen molar-refractivity contribution < 1.29 is 9.53 Å². The molecule has 1 aliphatic rings. The van der Waals surface area contributed by atoms with Crippen LogP contribution in [-0.4, -0.2) is 30.6 Å². The molecule has 100 valence electrons. The highest BCUT2D eigenvalue weighted by atomic mass is 32.1. The molecule has 0 aliphatic carbocycles. The number of rotatable bonds is 4. The summed E-state index contributed by atoms with van der Waals surface area (Å²) in [5.74, 6) is 0.642. The average molecular weight is 286 g/mol. The number of carbonyl (C=O) groups is 1. The molecule has 4 nitrogen and oxygen atoms in total. The van der Waals surface area contributed by atoms with E-state index in [1.54, 1.807) is 0 Å². The first kappa shape index (κ1) is 13.7. The molecular formula is C12H18N2O2S2. The van der Waals surface area contributed by atoms with Crippen LogP contribution in [0.2, 0.25) is 0 Å². The van der Waals surface area contributed by atoms with Gasteiger partial charge in [0.05, 0.1) is 6.42 Å². The van der Waals surface area contributed by atoms with Gasteiger partial charge < -0.3 is 15.0 Å². The molecular weight excluding hydrogens is 268 g/mol. The number of carbonyl (C=O) groups excluding carboxylic acids is 1. The van der Waals surface area contributed by atoms with Gasteiger partial charge >= 0.3 is 0 Å². The zero-order chi connectivity index (χ0) is 13.0.